The van der Waals surface area contributed by atoms with Crippen molar-refractivity contribution < 1.29 is 9.47 Å². The van der Waals surface area contributed by atoms with Crippen molar-refractivity contribution in [2.24, 2.45) is 10.2 Å². The minimum atomic E-state index is 0.385. The SMILES string of the molecule is CCOc1ccccc1/C=N\Nc1nncn1/N=C\c1ccccc1OCC. The molecule has 3 aromatic rings. The molecule has 0 saturated heterocycles. The maximum Gasteiger partial charge on any atom is 0.265 e. The summed E-state index contributed by atoms with van der Waals surface area (Å²) in [4.78, 5) is 0. The Kier molecular flexibility index (Phi) is 6.73. The van der Waals surface area contributed by atoms with Gasteiger partial charge >= 0.3 is 0 Å². The van der Waals surface area contributed by atoms with E-state index < -0.39 is 0 Å². The summed E-state index contributed by atoms with van der Waals surface area (Å²) in [5.74, 6) is 1.92. The van der Waals surface area contributed by atoms with Crippen LogP contribution in [-0.4, -0.2) is 40.5 Å². The third-order valence-electron chi connectivity index (χ3n) is 3.66. The Morgan fingerprint density at radius 3 is 2.18 bits per heavy atom. The monoisotopic (exact) mass is 378 g/mol. The van der Waals surface area contributed by atoms with Gasteiger partial charge in [0.2, 0.25) is 0 Å². The van der Waals surface area contributed by atoms with Gasteiger partial charge < -0.3 is 9.47 Å². The summed E-state index contributed by atoms with van der Waals surface area (Å²) in [6, 6.07) is 15.3. The number of hydrogen-bond donors (Lipinski definition) is 1. The molecule has 0 aliphatic carbocycles. The van der Waals surface area contributed by atoms with Gasteiger partial charge in [-0.05, 0) is 38.1 Å². The van der Waals surface area contributed by atoms with Crippen molar-refractivity contribution in [3.05, 3.63) is 66.0 Å². The number of para-hydroxylation sites is 2. The van der Waals surface area contributed by atoms with Crippen LogP contribution in [0.2, 0.25) is 0 Å². The number of aromatic nitrogens is 3. The van der Waals surface area contributed by atoms with E-state index in [0.717, 1.165) is 22.6 Å². The molecule has 0 atom stereocenters. The van der Waals surface area contributed by atoms with Gasteiger partial charge in [0.1, 0.15) is 17.8 Å². The zero-order chi connectivity index (χ0) is 19.6. The highest BCUT2D eigenvalue weighted by molar-refractivity contribution is 5.84. The molecule has 0 unspecified atom stereocenters. The van der Waals surface area contributed by atoms with Gasteiger partial charge in [0.05, 0.1) is 25.6 Å². The molecular weight excluding hydrogens is 356 g/mol. The van der Waals surface area contributed by atoms with E-state index in [2.05, 4.69) is 25.8 Å². The number of anilines is 1. The van der Waals surface area contributed by atoms with Crippen molar-refractivity contribution in [2.75, 3.05) is 18.6 Å². The fourth-order valence-corrected chi connectivity index (χ4v) is 2.42. The highest BCUT2D eigenvalue weighted by Crippen LogP contribution is 2.17. The van der Waals surface area contributed by atoms with Crippen LogP contribution in [0.25, 0.3) is 0 Å². The highest BCUT2D eigenvalue weighted by atomic mass is 16.5. The molecule has 1 heterocycles. The zero-order valence-electron chi connectivity index (χ0n) is 15.8. The zero-order valence-corrected chi connectivity index (χ0v) is 15.8. The lowest BCUT2D eigenvalue weighted by Crippen LogP contribution is -2.01. The second-order valence-corrected chi connectivity index (χ2v) is 5.56. The maximum absolute atomic E-state index is 5.60. The van der Waals surface area contributed by atoms with Gasteiger partial charge in [-0.2, -0.15) is 14.9 Å². The number of hydrazone groups is 1. The number of nitrogens with zero attached hydrogens (tertiary/aromatic N) is 5. The van der Waals surface area contributed by atoms with Gasteiger partial charge in [-0.15, -0.1) is 10.2 Å². The topological polar surface area (TPSA) is 85.9 Å². The second-order valence-electron chi connectivity index (χ2n) is 5.56. The van der Waals surface area contributed by atoms with Crippen LogP contribution in [0.4, 0.5) is 5.95 Å². The van der Waals surface area contributed by atoms with E-state index in [1.807, 2.05) is 62.4 Å². The van der Waals surface area contributed by atoms with Gasteiger partial charge in [0.25, 0.3) is 5.95 Å². The number of benzene rings is 2. The number of hydrogen-bond acceptors (Lipinski definition) is 7. The Balaban J connectivity index is 1.71. The molecule has 0 fully saturated rings. The Hall–Kier alpha value is -3.68. The van der Waals surface area contributed by atoms with Crippen LogP contribution < -0.4 is 14.9 Å². The molecule has 2 aromatic carbocycles. The molecule has 0 spiro atoms. The van der Waals surface area contributed by atoms with Gasteiger partial charge in [-0.1, -0.05) is 24.3 Å². The van der Waals surface area contributed by atoms with Gasteiger partial charge in [0, 0.05) is 11.1 Å². The summed E-state index contributed by atoms with van der Waals surface area (Å²) in [5.41, 5.74) is 4.56. The molecule has 0 radical (unpaired) electrons. The van der Waals surface area contributed by atoms with E-state index in [1.165, 1.54) is 11.0 Å². The molecule has 1 N–H and O–H groups in total. The lowest BCUT2D eigenvalue weighted by Gasteiger charge is -2.06. The van der Waals surface area contributed by atoms with E-state index in [0.29, 0.717) is 19.2 Å². The molecule has 8 nitrogen and oxygen atoms in total. The summed E-state index contributed by atoms with van der Waals surface area (Å²) in [7, 11) is 0. The van der Waals surface area contributed by atoms with E-state index >= 15 is 0 Å². The lowest BCUT2D eigenvalue weighted by molar-refractivity contribution is 0.339. The summed E-state index contributed by atoms with van der Waals surface area (Å²) in [5, 5.41) is 16.5. The fraction of sp³-hybridized carbons (Fsp3) is 0.200. The minimum absolute atomic E-state index is 0.385. The Bertz CT molecular complexity index is 951. The third kappa shape index (κ3) is 4.94. The van der Waals surface area contributed by atoms with E-state index in [1.54, 1.807) is 12.4 Å². The summed E-state index contributed by atoms with van der Waals surface area (Å²) < 4.78 is 12.7. The molecule has 0 saturated carbocycles. The third-order valence-corrected chi connectivity index (χ3v) is 3.66. The highest BCUT2D eigenvalue weighted by Gasteiger charge is 2.03. The molecule has 8 heteroatoms. The first-order chi connectivity index (χ1) is 13.8. The van der Waals surface area contributed by atoms with E-state index in [-0.39, 0.29) is 0 Å². The number of rotatable bonds is 9. The van der Waals surface area contributed by atoms with Crippen molar-refractivity contribution in [3.8, 4) is 11.5 Å². The van der Waals surface area contributed by atoms with Gasteiger partial charge in [-0.3, -0.25) is 0 Å². The molecule has 1 aromatic heterocycles. The van der Waals surface area contributed by atoms with Gasteiger partial charge in [0.15, 0.2) is 0 Å². The number of nitrogens with one attached hydrogen (secondary N) is 1. The maximum atomic E-state index is 5.60. The summed E-state index contributed by atoms with van der Waals surface area (Å²) in [6.45, 7) is 5.06. The number of ether oxygens (including phenoxy) is 2. The Morgan fingerprint density at radius 1 is 0.929 bits per heavy atom. The van der Waals surface area contributed by atoms with E-state index in [4.69, 9.17) is 9.47 Å². The minimum Gasteiger partial charge on any atom is -0.493 e. The molecule has 0 bridgehead atoms. The van der Waals surface area contributed by atoms with Crippen molar-refractivity contribution in [2.45, 2.75) is 13.8 Å². The average Bonchev–Trinajstić information content (AvgIpc) is 3.16. The van der Waals surface area contributed by atoms with E-state index in [9.17, 15) is 0 Å². The summed E-state index contributed by atoms with van der Waals surface area (Å²) >= 11 is 0. The predicted octanol–water partition coefficient (Wildman–Crippen LogP) is 3.40. The first kappa shape index (κ1) is 19.1. The first-order valence-electron chi connectivity index (χ1n) is 8.99. The normalized spacial score (nSPS) is 11.2. The van der Waals surface area contributed by atoms with Crippen LogP contribution in [0.1, 0.15) is 25.0 Å². The molecular formula is C20H22N6O2. The van der Waals surface area contributed by atoms with Crippen molar-refractivity contribution in [3.63, 3.8) is 0 Å². The predicted molar refractivity (Wildman–Crippen MR) is 109 cm³/mol. The Morgan fingerprint density at radius 2 is 1.54 bits per heavy atom. The Labute approximate surface area is 163 Å². The lowest BCUT2D eigenvalue weighted by atomic mass is 10.2. The molecule has 0 amide bonds. The first-order valence-corrected chi connectivity index (χ1v) is 8.99. The van der Waals surface area contributed by atoms with Crippen LogP contribution in [0.15, 0.2) is 65.1 Å². The van der Waals surface area contributed by atoms with Crippen LogP contribution in [0, 0.1) is 0 Å². The van der Waals surface area contributed by atoms with Crippen molar-refractivity contribution in [1.82, 2.24) is 14.9 Å². The molecule has 28 heavy (non-hydrogen) atoms. The van der Waals surface area contributed by atoms with Gasteiger partial charge in [-0.25, -0.2) is 5.43 Å². The summed E-state index contributed by atoms with van der Waals surface area (Å²) in [6.07, 6.45) is 4.84. The average molecular weight is 378 g/mol. The van der Waals surface area contributed by atoms with Crippen LogP contribution in [-0.2, 0) is 0 Å². The second kappa shape index (κ2) is 9.86. The van der Waals surface area contributed by atoms with Crippen LogP contribution >= 0.6 is 0 Å². The van der Waals surface area contributed by atoms with Crippen LogP contribution in [0.5, 0.6) is 11.5 Å². The standard InChI is InChI=1S/C20H22N6O2/c1-3-27-18-11-7-5-9-16(18)13-21-24-20-25-22-15-26(20)23-14-17-10-6-8-12-19(17)28-4-2/h5-15H,3-4H2,1-2H3,(H,24,25)/b21-13-,23-14-. The van der Waals surface area contributed by atoms with Crippen LogP contribution in [0.3, 0.4) is 0 Å². The molecule has 0 aliphatic rings. The fourth-order valence-electron chi connectivity index (χ4n) is 2.42. The largest absolute Gasteiger partial charge is 0.493 e. The molecule has 0 aliphatic heterocycles. The quantitative estimate of drug-likeness (QED) is 0.456. The van der Waals surface area contributed by atoms with Crippen molar-refractivity contribution in [1.29, 1.82) is 0 Å². The molecule has 144 valence electrons. The molecule has 3 rings (SSSR count). The smallest absolute Gasteiger partial charge is 0.265 e. The van der Waals surface area contributed by atoms with Crippen molar-refractivity contribution >= 4 is 18.4 Å².